The first-order valence-electron chi connectivity index (χ1n) is 9.48. The van der Waals surface area contributed by atoms with Crippen molar-refractivity contribution >= 4 is 5.91 Å². The highest BCUT2D eigenvalue weighted by Gasteiger charge is 2.31. The van der Waals surface area contributed by atoms with Gasteiger partial charge in [-0.25, -0.2) is 0 Å². The van der Waals surface area contributed by atoms with Crippen LogP contribution in [0, 0.1) is 11.8 Å². The Morgan fingerprint density at radius 1 is 1.28 bits per heavy atom. The van der Waals surface area contributed by atoms with Crippen molar-refractivity contribution in [3.8, 4) is 0 Å². The molecule has 138 valence electrons. The maximum absolute atomic E-state index is 12.6. The van der Waals surface area contributed by atoms with Crippen molar-refractivity contribution < 1.29 is 9.53 Å². The Balaban J connectivity index is 1.44. The quantitative estimate of drug-likeness (QED) is 0.853. The Kier molecular flexibility index (Phi) is 6.45. The molecule has 2 fully saturated rings. The molecule has 2 heterocycles. The molecule has 0 radical (unpaired) electrons. The van der Waals surface area contributed by atoms with Gasteiger partial charge in [-0.3, -0.25) is 9.69 Å². The molecular formula is C20H31N3O2. The first kappa shape index (κ1) is 18.4. The van der Waals surface area contributed by atoms with Crippen LogP contribution in [-0.4, -0.2) is 61.6 Å². The molecule has 1 aromatic carbocycles. The summed E-state index contributed by atoms with van der Waals surface area (Å²) in [6, 6.07) is 10.2. The molecule has 0 spiro atoms. The van der Waals surface area contributed by atoms with E-state index < -0.39 is 0 Å². The van der Waals surface area contributed by atoms with Crippen molar-refractivity contribution in [1.82, 2.24) is 9.80 Å². The van der Waals surface area contributed by atoms with Crippen LogP contribution in [0.1, 0.15) is 24.8 Å². The molecule has 0 aromatic heterocycles. The summed E-state index contributed by atoms with van der Waals surface area (Å²) in [5, 5.41) is 0. The number of likely N-dealkylation sites (N-methyl/N-ethyl adjacent to an activating group) is 1. The summed E-state index contributed by atoms with van der Waals surface area (Å²) >= 11 is 0. The monoisotopic (exact) mass is 345 g/mol. The maximum Gasteiger partial charge on any atom is 0.239 e. The second kappa shape index (κ2) is 8.79. The van der Waals surface area contributed by atoms with Crippen molar-refractivity contribution in [2.24, 2.45) is 17.6 Å². The van der Waals surface area contributed by atoms with Gasteiger partial charge in [0.1, 0.15) is 0 Å². The lowest BCUT2D eigenvalue weighted by atomic mass is 9.91. The van der Waals surface area contributed by atoms with E-state index in [0.29, 0.717) is 5.92 Å². The van der Waals surface area contributed by atoms with Crippen molar-refractivity contribution in [1.29, 1.82) is 0 Å². The zero-order chi connectivity index (χ0) is 17.6. The standard InChI is InChI=1S/C20H31N3O2/c1-22(20(24)19(21)18-8-11-25-12-9-18)13-17-7-10-23(15-17)14-16-5-3-2-4-6-16/h2-6,17-19H,7-15,21H2,1H3. The van der Waals surface area contributed by atoms with Gasteiger partial charge in [-0.2, -0.15) is 0 Å². The topological polar surface area (TPSA) is 58.8 Å². The summed E-state index contributed by atoms with van der Waals surface area (Å²) < 4.78 is 5.37. The predicted octanol–water partition coefficient (Wildman–Crippen LogP) is 1.72. The number of nitrogens with two attached hydrogens (primary N) is 1. The fraction of sp³-hybridized carbons (Fsp3) is 0.650. The Morgan fingerprint density at radius 3 is 2.72 bits per heavy atom. The number of rotatable bonds is 6. The highest BCUT2D eigenvalue weighted by Crippen LogP contribution is 2.22. The third-order valence-corrected chi connectivity index (χ3v) is 5.59. The van der Waals surface area contributed by atoms with Crippen LogP contribution >= 0.6 is 0 Å². The molecule has 0 aliphatic carbocycles. The number of ether oxygens (including phenoxy) is 1. The normalized spacial score (nSPS) is 23.5. The number of hydrogen-bond acceptors (Lipinski definition) is 4. The fourth-order valence-corrected chi connectivity index (χ4v) is 4.06. The van der Waals surface area contributed by atoms with Gasteiger partial charge in [0.15, 0.2) is 0 Å². The Bertz CT molecular complexity index is 545. The van der Waals surface area contributed by atoms with E-state index in [1.807, 2.05) is 11.9 Å². The van der Waals surface area contributed by atoms with Crippen molar-refractivity contribution in [2.75, 3.05) is 39.9 Å². The summed E-state index contributed by atoms with van der Waals surface area (Å²) in [5.74, 6) is 0.898. The Labute approximate surface area is 151 Å². The number of benzene rings is 1. The van der Waals surface area contributed by atoms with Crippen molar-refractivity contribution in [3.63, 3.8) is 0 Å². The third kappa shape index (κ3) is 5.03. The summed E-state index contributed by atoms with van der Waals surface area (Å²) in [5.41, 5.74) is 7.60. The zero-order valence-electron chi connectivity index (χ0n) is 15.3. The van der Waals surface area contributed by atoms with Gasteiger partial charge < -0.3 is 15.4 Å². The Morgan fingerprint density at radius 2 is 2.00 bits per heavy atom. The summed E-state index contributed by atoms with van der Waals surface area (Å²) in [4.78, 5) is 17.0. The molecule has 2 N–H and O–H groups in total. The summed E-state index contributed by atoms with van der Waals surface area (Å²) in [7, 11) is 1.90. The second-order valence-corrected chi connectivity index (χ2v) is 7.57. The number of likely N-dealkylation sites (tertiary alicyclic amines) is 1. The lowest BCUT2D eigenvalue weighted by Gasteiger charge is -2.30. The van der Waals surface area contributed by atoms with E-state index in [-0.39, 0.29) is 17.9 Å². The lowest BCUT2D eigenvalue weighted by Crippen LogP contribution is -2.48. The average molecular weight is 345 g/mol. The first-order valence-corrected chi connectivity index (χ1v) is 9.48. The molecule has 2 saturated heterocycles. The Hall–Kier alpha value is -1.43. The number of amides is 1. The minimum absolute atomic E-state index is 0.0911. The van der Waals surface area contributed by atoms with Gasteiger partial charge in [-0.05, 0) is 43.2 Å². The van der Waals surface area contributed by atoms with Gasteiger partial charge in [0.25, 0.3) is 0 Å². The minimum atomic E-state index is -0.379. The molecule has 0 bridgehead atoms. The predicted molar refractivity (Wildman–Crippen MR) is 99.0 cm³/mol. The highest BCUT2D eigenvalue weighted by atomic mass is 16.5. The van der Waals surface area contributed by atoms with Crippen LogP contribution < -0.4 is 5.73 Å². The van der Waals surface area contributed by atoms with Crippen LogP contribution in [0.25, 0.3) is 0 Å². The van der Waals surface area contributed by atoms with Crippen LogP contribution in [0.3, 0.4) is 0 Å². The number of hydrogen-bond donors (Lipinski definition) is 1. The molecule has 5 heteroatoms. The molecule has 1 aromatic rings. The van der Waals surface area contributed by atoms with E-state index in [4.69, 9.17) is 10.5 Å². The highest BCUT2D eigenvalue weighted by molar-refractivity contribution is 5.81. The molecule has 2 atom stereocenters. The first-order chi connectivity index (χ1) is 12.1. The molecule has 5 nitrogen and oxygen atoms in total. The third-order valence-electron chi connectivity index (χ3n) is 5.59. The number of carbonyl (C=O) groups is 1. The minimum Gasteiger partial charge on any atom is -0.381 e. The van der Waals surface area contributed by atoms with E-state index in [9.17, 15) is 4.79 Å². The molecule has 2 unspecified atom stereocenters. The van der Waals surface area contributed by atoms with Gasteiger partial charge >= 0.3 is 0 Å². The molecule has 2 aliphatic rings. The van der Waals surface area contributed by atoms with E-state index in [1.54, 1.807) is 0 Å². The van der Waals surface area contributed by atoms with E-state index in [0.717, 1.165) is 58.7 Å². The van der Waals surface area contributed by atoms with Gasteiger partial charge in [0.05, 0.1) is 6.04 Å². The molecule has 3 rings (SSSR count). The van der Waals surface area contributed by atoms with Crippen LogP contribution in [-0.2, 0) is 16.1 Å². The summed E-state index contributed by atoms with van der Waals surface area (Å²) in [6.07, 6.45) is 2.95. The van der Waals surface area contributed by atoms with Crippen molar-refractivity contribution in [3.05, 3.63) is 35.9 Å². The largest absolute Gasteiger partial charge is 0.381 e. The van der Waals surface area contributed by atoms with Gasteiger partial charge in [-0.15, -0.1) is 0 Å². The molecule has 25 heavy (non-hydrogen) atoms. The van der Waals surface area contributed by atoms with Crippen LogP contribution in [0.5, 0.6) is 0 Å². The van der Waals surface area contributed by atoms with Crippen molar-refractivity contribution in [2.45, 2.75) is 31.8 Å². The average Bonchev–Trinajstić information content (AvgIpc) is 3.08. The SMILES string of the molecule is CN(CC1CCN(Cc2ccccc2)C1)C(=O)C(N)C1CCOCC1. The lowest BCUT2D eigenvalue weighted by molar-refractivity contribution is -0.133. The second-order valence-electron chi connectivity index (χ2n) is 7.57. The van der Waals surface area contributed by atoms with Gasteiger partial charge in [0.2, 0.25) is 5.91 Å². The zero-order valence-corrected chi connectivity index (χ0v) is 15.3. The number of nitrogens with zero attached hydrogens (tertiary/aromatic N) is 2. The van der Waals surface area contributed by atoms with Crippen LogP contribution in [0.2, 0.25) is 0 Å². The van der Waals surface area contributed by atoms with Crippen LogP contribution in [0.4, 0.5) is 0 Å². The number of carbonyl (C=O) groups excluding carboxylic acids is 1. The molecule has 0 saturated carbocycles. The van der Waals surface area contributed by atoms with E-state index >= 15 is 0 Å². The summed E-state index contributed by atoms with van der Waals surface area (Å²) in [6.45, 7) is 5.42. The van der Waals surface area contributed by atoms with E-state index in [1.165, 1.54) is 5.56 Å². The van der Waals surface area contributed by atoms with E-state index in [2.05, 4.69) is 35.2 Å². The smallest absolute Gasteiger partial charge is 0.239 e. The molecule has 2 aliphatic heterocycles. The maximum atomic E-state index is 12.6. The van der Waals surface area contributed by atoms with Gasteiger partial charge in [-0.1, -0.05) is 30.3 Å². The molecule has 1 amide bonds. The fourth-order valence-electron chi connectivity index (χ4n) is 4.06. The molecular weight excluding hydrogens is 314 g/mol. The van der Waals surface area contributed by atoms with Crippen LogP contribution in [0.15, 0.2) is 30.3 Å². The van der Waals surface area contributed by atoms with Gasteiger partial charge in [0, 0.05) is 39.9 Å².